The Kier molecular flexibility index (Phi) is 4.69. The van der Waals surface area contributed by atoms with Crippen molar-refractivity contribution in [1.82, 2.24) is 0 Å². The van der Waals surface area contributed by atoms with Crippen molar-refractivity contribution in [3.63, 3.8) is 0 Å². The summed E-state index contributed by atoms with van der Waals surface area (Å²) in [7, 11) is 0. The number of rotatable bonds is 5. The molecule has 1 aromatic carbocycles. The molecule has 0 aliphatic carbocycles. The molecule has 0 bridgehead atoms. The molecule has 2 heteroatoms. The summed E-state index contributed by atoms with van der Waals surface area (Å²) in [5.41, 5.74) is 8.25. The smallest absolute Gasteiger partial charge is 0.150 e. The first kappa shape index (κ1) is 12.9. The van der Waals surface area contributed by atoms with Gasteiger partial charge in [-0.2, -0.15) is 0 Å². The van der Waals surface area contributed by atoms with E-state index in [-0.39, 0.29) is 17.7 Å². The van der Waals surface area contributed by atoms with Crippen LogP contribution < -0.4 is 5.73 Å². The Balaban J connectivity index is 2.49. The van der Waals surface area contributed by atoms with Crippen molar-refractivity contribution in [3.8, 4) is 0 Å². The van der Waals surface area contributed by atoms with E-state index in [0.29, 0.717) is 6.42 Å². The Labute approximate surface area is 97.9 Å². The minimum absolute atomic E-state index is 0.163. The van der Waals surface area contributed by atoms with Gasteiger partial charge >= 0.3 is 0 Å². The first-order valence-corrected chi connectivity index (χ1v) is 5.84. The van der Waals surface area contributed by atoms with Gasteiger partial charge in [0.1, 0.15) is 5.78 Å². The normalized spacial score (nSPS) is 12.8. The monoisotopic (exact) mass is 219 g/mol. The first-order valence-electron chi connectivity index (χ1n) is 5.84. The van der Waals surface area contributed by atoms with E-state index in [2.05, 4.69) is 25.1 Å². The van der Waals surface area contributed by atoms with Gasteiger partial charge in [0.2, 0.25) is 0 Å². The van der Waals surface area contributed by atoms with Crippen LogP contribution >= 0.6 is 0 Å². The molecule has 1 rings (SSSR count). The third kappa shape index (κ3) is 3.78. The molecule has 0 aliphatic heterocycles. The van der Waals surface area contributed by atoms with Crippen molar-refractivity contribution in [3.05, 3.63) is 35.4 Å². The Morgan fingerprint density at radius 3 is 2.62 bits per heavy atom. The molecule has 1 unspecified atom stereocenters. The molecule has 2 nitrogen and oxygen atoms in total. The number of carbonyl (C=O) groups is 1. The average Bonchev–Trinajstić information content (AvgIpc) is 2.24. The minimum Gasteiger partial charge on any atom is -0.321 e. The number of benzene rings is 1. The molecule has 0 saturated carbocycles. The molecule has 0 spiro atoms. The molecule has 2 N–H and O–H groups in total. The quantitative estimate of drug-likeness (QED) is 0.826. The minimum atomic E-state index is -0.315. The van der Waals surface area contributed by atoms with Crippen LogP contribution in [0.4, 0.5) is 0 Å². The summed E-state index contributed by atoms with van der Waals surface area (Å²) in [6.07, 6.45) is 1.34. The maximum Gasteiger partial charge on any atom is 0.150 e. The van der Waals surface area contributed by atoms with Gasteiger partial charge in [-0.25, -0.2) is 0 Å². The molecule has 88 valence electrons. The van der Waals surface area contributed by atoms with Crippen LogP contribution in [0.5, 0.6) is 0 Å². The van der Waals surface area contributed by atoms with Crippen molar-refractivity contribution >= 4 is 5.78 Å². The molecule has 1 aromatic rings. The van der Waals surface area contributed by atoms with Crippen molar-refractivity contribution in [2.24, 2.45) is 11.7 Å². The maximum atomic E-state index is 11.7. The highest BCUT2D eigenvalue weighted by Crippen LogP contribution is 2.09. The van der Waals surface area contributed by atoms with Crippen LogP contribution in [0.1, 0.15) is 31.4 Å². The number of Topliss-reactive ketones (excluding diaryl/α,β-unsaturated/α-hetero) is 1. The maximum absolute atomic E-state index is 11.7. The summed E-state index contributed by atoms with van der Waals surface area (Å²) >= 11 is 0. The summed E-state index contributed by atoms with van der Waals surface area (Å²) in [5.74, 6) is 0.390. The van der Waals surface area contributed by atoms with E-state index in [1.54, 1.807) is 0 Å². The Morgan fingerprint density at radius 1 is 1.38 bits per heavy atom. The number of hydrogen-bond donors (Lipinski definition) is 1. The lowest BCUT2D eigenvalue weighted by molar-refractivity contribution is -0.121. The van der Waals surface area contributed by atoms with Crippen molar-refractivity contribution in [2.75, 3.05) is 0 Å². The van der Waals surface area contributed by atoms with Crippen LogP contribution in [-0.2, 0) is 11.2 Å². The zero-order chi connectivity index (χ0) is 12.1. The predicted octanol–water partition coefficient (Wildman–Crippen LogP) is 2.48. The summed E-state index contributed by atoms with van der Waals surface area (Å²) in [5, 5.41) is 0. The molecule has 0 radical (unpaired) electrons. The van der Waals surface area contributed by atoms with Gasteiger partial charge in [-0.3, -0.25) is 4.79 Å². The van der Waals surface area contributed by atoms with Crippen molar-refractivity contribution < 1.29 is 4.79 Å². The molecule has 0 amide bonds. The molecule has 0 aromatic heterocycles. The first-order chi connectivity index (χ1) is 7.50. The SMILES string of the molecule is Cc1cccc(CCC(=O)C(N)C(C)C)c1. The summed E-state index contributed by atoms with van der Waals surface area (Å²) in [4.78, 5) is 11.7. The summed E-state index contributed by atoms with van der Waals surface area (Å²) in [6, 6.07) is 7.95. The lowest BCUT2D eigenvalue weighted by Crippen LogP contribution is -2.35. The molecule has 1 atom stereocenters. The number of aryl methyl sites for hydroxylation is 2. The van der Waals surface area contributed by atoms with Crippen LogP contribution in [0.2, 0.25) is 0 Å². The highest BCUT2D eigenvalue weighted by molar-refractivity contribution is 5.84. The predicted molar refractivity (Wildman–Crippen MR) is 67.3 cm³/mol. The zero-order valence-electron chi connectivity index (χ0n) is 10.4. The molecular weight excluding hydrogens is 198 g/mol. The van der Waals surface area contributed by atoms with Gasteiger partial charge in [0, 0.05) is 6.42 Å². The van der Waals surface area contributed by atoms with E-state index in [1.165, 1.54) is 11.1 Å². The van der Waals surface area contributed by atoms with Gasteiger partial charge < -0.3 is 5.73 Å². The average molecular weight is 219 g/mol. The van der Waals surface area contributed by atoms with Crippen molar-refractivity contribution in [1.29, 1.82) is 0 Å². The topological polar surface area (TPSA) is 43.1 Å². The second-order valence-electron chi connectivity index (χ2n) is 4.73. The second-order valence-corrected chi connectivity index (χ2v) is 4.73. The van der Waals surface area contributed by atoms with E-state index in [9.17, 15) is 4.79 Å². The van der Waals surface area contributed by atoms with Crippen molar-refractivity contribution in [2.45, 2.75) is 39.7 Å². The third-order valence-electron chi connectivity index (χ3n) is 2.83. The summed E-state index contributed by atoms with van der Waals surface area (Å²) < 4.78 is 0. The van der Waals surface area contributed by atoms with Crippen LogP contribution in [0.25, 0.3) is 0 Å². The van der Waals surface area contributed by atoms with Crippen LogP contribution in [0.3, 0.4) is 0 Å². The fourth-order valence-corrected chi connectivity index (χ4v) is 1.67. The Bertz CT molecular complexity index is 358. The zero-order valence-corrected chi connectivity index (χ0v) is 10.4. The molecule has 0 fully saturated rings. The highest BCUT2D eigenvalue weighted by atomic mass is 16.1. The van der Waals surface area contributed by atoms with Gasteiger partial charge in [0.05, 0.1) is 6.04 Å². The van der Waals surface area contributed by atoms with Crippen LogP contribution in [-0.4, -0.2) is 11.8 Å². The number of carbonyl (C=O) groups excluding carboxylic acids is 1. The lowest BCUT2D eigenvalue weighted by Gasteiger charge is -2.13. The Morgan fingerprint density at radius 2 is 2.06 bits per heavy atom. The molecule has 0 aliphatic rings. The molecule has 0 heterocycles. The number of hydrogen-bond acceptors (Lipinski definition) is 2. The standard InChI is InChI=1S/C14H21NO/c1-10(2)14(15)13(16)8-7-12-6-4-5-11(3)9-12/h4-6,9-10,14H,7-8,15H2,1-3H3. The number of nitrogens with two attached hydrogens (primary N) is 1. The van der Waals surface area contributed by atoms with Crippen LogP contribution in [0.15, 0.2) is 24.3 Å². The molecular formula is C14H21NO. The van der Waals surface area contributed by atoms with Gasteiger partial charge in [0.25, 0.3) is 0 Å². The van der Waals surface area contributed by atoms with Gasteiger partial charge in [-0.15, -0.1) is 0 Å². The van der Waals surface area contributed by atoms with E-state index in [0.717, 1.165) is 6.42 Å². The largest absolute Gasteiger partial charge is 0.321 e. The lowest BCUT2D eigenvalue weighted by atomic mass is 9.96. The van der Waals surface area contributed by atoms with Gasteiger partial charge in [-0.05, 0) is 24.8 Å². The molecule has 0 saturated heterocycles. The fraction of sp³-hybridized carbons (Fsp3) is 0.500. The van der Waals surface area contributed by atoms with Gasteiger partial charge in [0.15, 0.2) is 0 Å². The number of ketones is 1. The fourth-order valence-electron chi connectivity index (χ4n) is 1.67. The van der Waals surface area contributed by atoms with E-state index < -0.39 is 0 Å². The highest BCUT2D eigenvalue weighted by Gasteiger charge is 2.16. The van der Waals surface area contributed by atoms with E-state index in [1.807, 2.05) is 19.9 Å². The molecule has 16 heavy (non-hydrogen) atoms. The van der Waals surface area contributed by atoms with Gasteiger partial charge in [-0.1, -0.05) is 43.7 Å². The summed E-state index contributed by atoms with van der Waals surface area (Å²) in [6.45, 7) is 6.02. The second kappa shape index (κ2) is 5.80. The Hall–Kier alpha value is -1.15. The van der Waals surface area contributed by atoms with E-state index >= 15 is 0 Å². The third-order valence-corrected chi connectivity index (χ3v) is 2.83. The van der Waals surface area contributed by atoms with Crippen LogP contribution in [0, 0.1) is 12.8 Å². The van der Waals surface area contributed by atoms with E-state index in [4.69, 9.17) is 5.73 Å².